The van der Waals surface area contributed by atoms with Crippen molar-refractivity contribution in [2.75, 3.05) is 6.61 Å². The lowest BCUT2D eigenvalue weighted by molar-refractivity contribution is -0.136. The summed E-state index contributed by atoms with van der Waals surface area (Å²) in [6.45, 7) is 4.94. The van der Waals surface area contributed by atoms with Crippen molar-refractivity contribution in [3.63, 3.8) is 0 Å². The van der Waals surface area contributed by atoms with Crippen LogP contribution >= 0.6 is 0 Å². The van der Waals surface area contributed by atoms with E-state index in [0.29, 0.717) is 12.4 Å². The molecule has 0 aliphatic heterocycles. The first kappa shape index (κ1) is 23.9. The molecule has 6 nitrogen and oxygen atoms in total. The predicted octanol–water partition coefficient (Wildman–Crippen LogP) is 5.37. The van der Waals surface area contributed by atoms with Crippen molar-refractivity contribution in [3.8, 4) is 16.9 Å². The molecule has 3 rings (SSSR count). The van der Waals surface area contributed by atoms with Gasteiger partial charge in [-0.05, 0) is 53.3 Å². The maximum Gasteiger partial charge on any atom is 0.407 e. The van der Waals surface area contributed by atoms with Crippen molar-refractivity contribution in [2.24, 2.45) is 0 Å². The number of carbonyl (C=O) groups excluding carboxylic acids is 1. The molecule has 0 fully saturated rings. The van der Waals surface area contributed by atoms with Crippen LogP contribution in [0.1, 0.15) is 36.1 Å². The monoisotopic (exact) mass is 447 g/mol. The average molecular weight is 448 g/mol. The second-order valence-electron chi connectivity index (χ2n) is 7.63. The number of carboxylic acids is 1. The van der Waals surface area contributed by atoms with Gasteiger partial charge < -0.3 is 19.9 Å². The first-order valence-electron chi connectivity index (χ1n) is 11.0. The normalized spacial score (nSPS) is 10.5. The number of rotatable bonds is 10. The highest BCUT2D eigenvalue weighted by molar-refractivity contribution is 5.73. The number of alkyl carbamates (subject to hydrolysis) is 1. The Labute approximate surface area is 194 Å². The fraction of sp³-hybridized carbons (Fsp3) is 0.259. The SMILES string of the molecule is CCOc1ccc(-c2cccc(CC(=O)O)c2)cc1CNC(=O)OCc1ccc(CC)cc1. The van der Waals surface area contributed by atoms with Gasteiger partial charge in [-0.2, -0.15) is 0 Å². The van der Waals surface area contributed by atoms with Crippen LogP contribution in [-0.4, -0.2) is 23.8 Å². The molecule has 1 amide bonds. The van der Waals surface area contributed by atoms with Gasteiger partial charge in [-0.1, -0.05) is 61.5 Å². The quantitative estimate of drug-likeness (QED) is 0.437. The van der Waals surface area contributed by atoms with E-state index in [0.717, 1.165) is 34.2 Å². The number of ether oxygens (including phenoxy) is 2. The minimum atomic E-state index is -0.872. The summed E-state index contributed by atoms with van der Waals surface area (Å²) in [5.41, 5.74) is 5.51. The molecule has 3 aromatic rings. The second-order valence-corrected chi connectivity index (χ2v) is 7.63. The molecule has 0 radical (unpaired) electrons. The van der Waals surface area contributed by atoms with Crippen molar-refractivity contribution >= 4 is 12.1 Å². The lowest BCUT2D eigenvalue weighted by atomic mass is 9.99. The number of aryl methyl sites for hydroxylation is 1. The third kappa shape index (κ3) is 7.10. The van der Waals surface area contributed by atoms with Crippen LogP contribution in [0.15, 0.2) is 66.7 Å². The van der Waals surface area contributed by atoms with Crippen LogP contribution < -0.4 is 10.1 Å². The Morgan fingerprint density at radius 3 is 2.30 bits per heavy atom. The summed E-state index contributed by atoms with van der Waals surface area (Å²) >= 11 is 0. The number of amides is 1. The zero-order valence-electron chi connectivity index (χ0n) is 19.0. The molecule has 0 unspecified atom stereocenters. The van der Waals surface area contributed by atoms with Crippen molar-refractivity contribution < 1.29 is 24.2 Å². The smallest absolute Gasteiger partial charge is 0.407 e. The van der Waals surface area contributed by atoms with E-state index in [1.807, 2.05) is 67.6 Å². The van der Waals surface area contributed by atoms with Crippen LogP contribution in [0.25, 0.3) is 11.1 Å². The summed E-state index contributed by atoms with van der Waals surface area (Å²) in [5.74, 6) is -0.193. The Bertz CT molecular complexity index is 1090. The van der Waals surface area contributed by atoms with E-state index in [-0.39, 0.29) is 19.6 Å². The van der Waals surface area contributed by atoms with E-state index in [1.165, 1.54) is 5.56 Å². The standard InChI is InChI=1S/C27H29NO5/c1-3-19-8-10-20(11-9-19)18-33-27(31)28-17-24-16-23(12-13-25(24)32-4-2)22-7-5-6-21(14-22)15-26(29)30/h5-14,16H,3-4,15,17-18H2,1-2H3,(H,28,31)(H,29,30). The molecular formula is C27H29NO5. The van der Waals surface area contributed by atoms with Gasteiger partial charge in [-0.25, -0.2) is 4.79 Å². The molecule has 6 heteroatoms. The van der Waals surface area contributed by atoms with Gasteiger partial charge in [0, 0.05) is 12.1 Å². The third-order valence-electron chi connectivity index (χ3n) is 5.20. The minimum absolute atomic E-state index is 0.0354. The number of nitrogens with one attached hydrogen (secondary N) is 1. The molecular weight excluding hydrogens is 418 g/mol. The number of carbonyl (C=O) groups is 2. The molecule has 3 aromatic carbocycles. The fourth-order valence-electron chi connectivity index (χ4n) is 3.47. The van der Waals surface area contributed by atoms with E-state index in [2.05, 4.69) is 12.2 Å². The van der Waals surface area contributed by atoms with Gasteiger partial charge in [-0.15, -0.1) is 0 Å². The summed E-state index contributed by atoms with van der Waals surface area (Å²) in [5, 5.41) is 11.8. The van der Waals surface area contributed by atoms with Gasteiger partial charge >= 0.3 is 12.1 Å². The van der Waals surface area contributed by atoms with E-state index in [4.69, 9.17) is 14.6 Å². The fourth-order valence-corrected chi connectivity index (χ4v) is 3.47. The third-order valence-corrected chi connectivity index (χ3v) is 5.20. The molecule has 0 aliphatic carbocycles. The van der Waals surface area contributed by atoms with Crippen LogP contribution in [0.5, 0.6) is 5.75 Å². The van der Waals surface area contributed by atoms with Gasteiger partial charge in [0.15, 0.2) is 0 Å². The van der Waals surface area contributed by atoms with Crippen LogP contribution in [-0.2, 0) is 35.5 Å². The maximum absolute atomic E-state index is 12.3. The molecule has 0 aliphatic rings. The highest BCUT2D eigenvalue weighted by Crippen LogP contribution is 2.28. The first-order chi connectivity index (χ1) is 16.0. The van der Waals surface area contributed by atoms with E-state index < -0.39 is 12.1 Å². The van der Waals surface area contributed by atoms with E-state index in [9.17, 15) is 9.59 Å². The second kappa shape index (κ2) is 11.7. The Morgan fingerprint density at radius 2 is 1.61 bits per heavy atom. The highest BCUT2D eigenvalue weighted by Gasteiger charge is 2.10. The molecule has 0 spiro atoms. The summed E-state index contributed by atoms with van der Waals surface area (Å²) in [4.78, 5) is 23.3. The number of carboxylic acid groups (broad SMARTS) is 1. The Balaban J connectivity index is 1.68. The van der Waals surface area contributed by atoms with Gasteiger partial charge in [-0.3, -0.25) is 4.79 Å². The molecule has 0 atom stereocenters. The van der Waals surface area contributed by atoms with Gasteiger partial charge in [0.1, 0.15) is 12.4 Å². The number of hydrogen-bond donors (Lipinski definition) is 2. The molecule has 0 bridgehead atoms. The Hall–Kier alpha value is -3.80. The topological polar surface area (TPSA) is 84.9 Å². The van der Waals surface area contributed by atoms with Crippen LogP contribution in [0, 0.1) is 0 Å². The van der Waals surface area contributed by atoms with E-state index in [1.54, 1.807) is 6.07 Å². The number of aliphatic carboxylic acids is 1. The van der Waals surface area contributed by atoms with Gasteiger partial charge in [0.05, 0.1) is 13.0 Å². The Morgan fingerprint density at radius 1 is 0.879 bits per heavy atom. The molecule has 0 saturated carbocycles. The minimum Gasteiger partial charge on any atom is -0.494 e. The largest absolute Gasteiger partial charge is 0.494 e. The summed E-state index contributed by atoms with van der Waals surface area (Å²) in [6, 6.07) is 21.1. The lowest BCUT2D eigenvalue weighted by Crippen LogP contribution is -2.24. The zero-order valence-corrected chi connectivity index (χ0v) is 19.0. The molecule has 0 heterocycles. The summed E-state index contributed by atoms with van der Waals surface area (Å²) in [6.07, 6.45) is 0.421. The Kier molecular flexibility index (Phi) is 8.47. The van der Waals surface area contributed by atoms with Crippen LogP contribution in [0.2, 0.25) is 0 Å². The maximum atomic E-state index is 12.3. The summed E-state index contributed by atoms with van der Waals surface area (Å²) < 4.78 is 11.1. The predicted molar refractivity (Wildman–Crippen MR) is 127 cm³/mol. The summed E-state index contributed by atoms with van der Waals surface area (Å²) in [7, 11) is 0. The first-order valence-corrected chi connectivity index (χ1v) is 11.0. The average Bonchev–Trinajstić information content (AvgIpc) is 2.82. The zero-order chi connectivity index (χ0) is 23.6. The van der Waals surface area contributed by atoms with Crippen molar-refractivity contribution in [3.05, 3.63) is 89.0 Å². The van der Waals surface area contributed by atoms with Gasteiger partial charge in [0.25, 0.3) is 0 Å². The van der Waals surface area contributed by atoms with E-state index >= 15 is 0 Å². The highest BCUT2D eigenvalue weighted by atomic mass is 16.5. The molecule has 33 heavy (non-hydrogen) atoms. The van der Waals surface area contributed by atoms with Crippen molar-refractivity contribution in [1.29, 1.82) is 0 Å². The molecule has 172 valence electrons. The van der Waals surface area contributed by atoms with Gasteiger partial charge in [0.2, 0.25) is 0 Å². The van der Waals surface area contributed by atoms with Crippen LogP contribution in [0.3, 0.4) is 0 Å². The molecule has 2 N–H and O–H groups in total. The van der Waals surface area contributed by atoms with Crippen LogP contribution in [0.4, 0.5) is 4.79 Å². The molecule has 0 aromatic heterocycles. The number of benzene rings is 3. The lowest BCUT2D eigenvalue weighted by Gasteiger charge is -2.14. The number of hydrogen-bond acceptors (Lipinski definition) is 4. The van der Waals surface area contributed by atoms with Crippen molar-refractivity contribution in [2.45, 2.75) is 39.8 Å². The van der Waals surface area contributed by atoms with Crippen molar-refractivity contribution in [1.82, 2.24) is 5.32 Å². The molecule has 0 saturated heterocycles.